The lowest BCUT2D eigenvalue weighted by Crippen LogP contribution is -2.16. The van der Waals surface area contributed by atoms with Crippen molar-refractivity contribution in [1.82, 2.24) is 13.6 Å². The highest BCUT2D eigenvalue weighted by Crippen LogP contribution is 2.29. The van der Waals surface area contributed by atoms with Crippen molar-refractivity contribution in [3.63, 3.8) is 0 Å². The molecule has 6 heteroatoms. The van der Waals surface area contributed by atoms with Crippen molar-refractivity contribution in [2.75, 3.05) is 32.5 Å². The lowest BCUT2D eigenvalue weighted by molar-refractivity contribution is 0.405. The van der Waals surface area contributed by atoms with E-state index < -0.39 is 0 Å². The van der Waals surface area contributed by atoms with E-state index in [2.05, 4.69) is 33.1 Å². The second kappa shape index (κ2) is 5.62. The van der Waals surface area contributed by atoms with Crippen LogP contribution in [0.25, 0.3) is 11.0 Å². The Labute approximate surface area is 110 Å². The second-order valence-electron chi connectivity index (χ2n) is 4.14. The van der Waals surface area contributed by atoms with E-state index in [1.54, 1.807) is 0 Å². The molecule has 0 fully saturated rings. The third-order valence-corrected chi connectivity index (χ3v) is 3.32. The second-order valence-corrected chi connectivity index (χ2v) is 5.07. The molecule has 1 N–H and O–H groups in total. The van der Waals surface area contributed by atoms with Crippen LogP contribution in [0.3, 0.4) is 0 Å². The highest BCUT2D eigenvalue weighted by atomic mass is 35.5. The quantitative estimate of drug-likeness (QED) is 0.849. The Balaban J connectivity index is 2.06. The van der Waals surface area contributed by atoms with Gasteiger partial charge in [0.15, 0.2) is 0 Å². The summed E-state index contributed by atoms with van der Waals surface area (Å²) in [6.45, 7) is 1.93. The van der Waals surface area contributed by atoms with Gasteiger partial charge < -0.3 is 10.2 Å². The van der Waals surface area contributed by atoms with Crippen molar-refractivity contribution in [3.8, 4) is 0 Å². The predicted octanol–water partition coefficient (Wildman–Crippen LogP) is 2.71. The van der Waals surface area contributed by atoms with Crippen LogP contribution in [0.15, 0.2) is 12.1 Å². The van der Waals surface area contributed by atoms with Crippen LogP contribution in [0.5, 0.6) is 0 Å². The van der Waals surface area contributed by atoms with Crippen LogP contribution >= 0.6 is 23.3 Å². The summed E-state index contributed by atoms with van der Waals surface area (Å²) in [4.78, 5) is 2.16. The predicted molar refractivity (Wildman–Crippen MR) is 74.1 cm³/mol. The number of rotatable bonds is 5. The van der Waals surface area contributed by atoms with Crippen molar-refractivity contribution in [3.05, 3.63) is 17.2 Å². The fourth-order valence-electron chi connectivity index (χ4n) is 1.60. The van der Waals surface area contributed by atoms with Gasteiger partial charge in [0.2, 0.25) is 0 Å². The molecule has 1 heterocycles. The lowest BCUT2D eigenvalue weighted by atomic mass is 10.2. The number of aromatic nitrogens is 2. The first-order valence-electron chi connectivity index (χ1n) is 5.48. The van der Waals surface area contributed by atoms with Crippen LogP contribution < -0.4 is 5.32 Å². The normalized spacial score (nSPS) is 11.3. The van der Waals surface area contributed by atoms with Crippen molar-refractivity contribution in [2.24, 2.45) is 0 Å². The maximum Gasteiger partial charge on any atom is 0.129 e. The van der Waals surface area contributed by atoms with Crippen LogP contribution in [-0.2, 0) is 0 Å². The molecule has 0 aliphatic rings. The number of fused-ring (bicyclic) bond motifs is 1. The lowest BCUT2D eigenvalue weighted by Gasteiger charge is -2.11. The van der Waals surface area contributed by atoms with E-state index in [0.29, 0.717) is 5.02 Å². The topological polar surface area (TPSA) is 41.0 Å². The zero-order valence-corrected chi connectivity index (χ0v) is 11.5. The summed E-state index contributed by atoms with van der Waals surface area (Å²) < 4.78 is 8.47. The van der Waals surface area contributed by atoms with Crippen LogP contribution in [-0.4, -0.2) is 40.8 Å². The van der Waals surface area contributed by atoms with Gasteiger partial charge in [-0.05, 0) is 39.2 Å². The summed E-state index contributed by atoms with van der Waals surface area (Å²) in [6, 6.07) is 3.76. The van der Waals surface area contributed by atoms with E-state index in [1.165, 1.54) is 11.7 Å². The van der Waals surface area contributed by atoms with Gasteiger partial charge >= 0.3 is 0 Å². The van der Waals surface area contributed by atoms with Crippen LogP contribution in [0.1, 0.15) is 6.42 Å². The molecule has 1 aromatic heterocycles. The van der Waals surface area contributed by atoms with E-state index in [0.717, 1.165) is 36.2 Å². The summed E-state index contributed by atoms with van der Waals surface area (Å²) in [5.74, 6) is 0. The largest absolute Gasteiger partial charge is 0.382 e. The minimum Gasteiger partial charge on any atom is -0.382 e. The van der Waals surface area contributed by atoms with Gasteiger partial charge in [0, 0.05) is 6.54 Å². The Morgan fingerprint density at radius 2 is 2.18 bits per heavy atom. The van der Waals surface area contributed by atoms with Crippen molar-refractivity contribution in [2.45, 2.75) is 6.42 Å². The molecule has 0 spiro atoms. The Morgan fingerprint density at radius 1 is 1.35 bits per heavy atom. The van der Waals surface area contributed by atoms with Crippen molar-refractivity contribution in [1.29, 1.82) is 0 Å². The van der Waals surface area contributed by atoms with E-state index in [1.807, 2.05) is 12.1 Å². The van der Waals surface area contributed by atoms with E-state index in [9.17, 15) is 0 Å². The number of hydrogen-bond donors (Lipinski definition) is 1. The molecule has 0 aliphatic carbocycles. The third kappa shape index (κ3) is 3.06. The average Bonchev–Trinajstić information content (AvgIpc) is 2.74. The molecular formula is C11H15ClN4S. The van der Waals surface area contributed by atoms with Gasteiger partial charge in [0.05, 0.1) is 22.4 Å². The summed E-state index contributed by atoms with van der Waals surface area (Å²) in [7, 11) is 4.14. The molecule has 1 aromatic carbocycles. The summed E-state index contributed by atoms with van der Waals surface area (Å²) in [5, 5.41) is 4.05. The zero-order chi connectivity index (χ0) is 12.3. The first kappa shape index (κ1) is 12.5. The molecule has 4 nitrogen and oxygen atoms in total. The maximum absolute atomic E-state index is 6.17. The number of hydrogen-bond acceptors (Lipinski definition) is 5. The van der Waals surface area contributed by atoms with Crippen LogP contribution in [0.2, 0.25) is 5.02 Å². The Bertz CT molecular complexity index is 497. The minimum atomic E-state index is 0.704. The van der Waals surface area contributed by atoms with E-state index >= 15 is 0 Å². The molecule has 2 rings (SSSR count). The Hall–Kier alpha value is -0.910. The minimum absolute atomic E-state index is 0.704. The first-order valence-corrected chi connectivity index (χ1v) is 6.58. The monoisotopic (exact) mass is 270 g/mol. The van der Waals surface area contributed by atoms with E-state index in [-0.39, 0.29) is 0 Å². The number of halogens is 1. The van der Waals surface area contributed by atoms with Crippen molar-refractivity contribution < 1.29 is 0 Å². The SMILES string of the molecule is CN(C)CCCNc1c(Cl)ccc2nsnc12. The fourth-order valence-corrected chi connectivity index (χ4v) is 2.37. The van der Waals surface area contributed by atoms with Gasteiger partial charge in [-0.1, -0.05) is 11.6 Å². The molecule has 0 aliphatic heterocycles. The molecule has 0 saturated carbocycles. The zero-order valence-electron chi connectivity index (χ0n) is 9.90. The van der Waals surface area contributed by atoms with Crippen LogP contribution in [0.4, 0.5) is 5.69 Å². The third-order valence-electron chi connectivity index (χ3n) is 2.46. The smallest absolute Gasteiger partial charge is 0.129 e. The molecular weight excluding hydrogens is 256 g/mol. The van der Waals surface area contributed by atoms with Crippen molar-refractivity contribution >= 4 is 40.0 Å². The molecule has 0 saturated heterocycles. The number of nitrogens with zero attached hydrogens (tertiary/aromatic N) is 3. The van der Waals surface area contributed by atoms with Gasteiger partial charge in [0.25, 0.3) is 0 Å². The fraction of sp³-hybridized carbons (Fsp3) is 0.455. The molecule has 17 heavy (non-hydrogen) atoms. The Kier molecular flexibility index (Phi) is 4.15. The summed E-state index contributed by atoms with van der Waals surface area (Å²) >= 11 is 7.38. The maximum atomic E-state index is 6.17. The molecule has 92 valence electrons. The standard InChI is InChI=1S/C11H15ClN4S/c1-16(2)7-3-6-13-10-8(12)4-5-9-11(10)15-17-14-9/h4-5,13H,3,6-7H2,1-2H3. The number of nitrogens with one attached hydrogen (secondary N) is 1. The molecule has 0 atom stereocenters. The first-order chi connectivity index (χ1) is 8.18. The van der Waals surface area contributed by atoms with Crippen LogP contribution in [0, 0.1) is 0 Å². The van der Waals surface area contributed by atoms with Gasteiger partial charge in [-0.15, -0.1) is 0 Å². The van der Waals surface area contributed by atoms with Gasteiger partial charge in [-0.3, -0.25) is 0 Å². The highest BCUT2D eigenvalue weighted by Gasteiger charge is 2.08. The van der Waals surface area contributed by atoms with Gasteiger partial charge in [-0.2, -0.15) is 8.75 Å². The molecule has 2 aromatic rings. The Morgan fingerprint density at radius 3 is 2.94 bits per heavy atom. The average molecular weight is 271 g/mol. The highest BCUT2D eigenvalue weighted by molar-refractivity contribution is 7.00. The summed E-state index contributed by atoms with van der Waals surface area (Å²) in [5.41, 5.74) is 2.67. The van der Waals surface area contributed by atoms with Gasteiger partial charge in [0.1, 0.15) is 11.0 Å². The molecule has 0 bridgehead atoms. The number of benzene rings is 1. The van der Waals surface area contributed by atoms with Gasteiger partial charge in [-0.25, -0.2) is 0 Å². The number of anilines is 1. The summed E-state index contributed by atoms with van der Waals surface area (Å²) in [6.07, 6.45) is 1.07. The molecule has 0 unspecified atom stereocenters. The molecule has 0 amide bonds. The van der Waals surface area contributed by atoms with E-state index in [4.69, 9.17) is 11.6 Å². The molecule has 0 radical (unpaired) electrons.